The number of fused-ring (bicyclic) bond motifs is 1. The standard InChI is InChI=1S/C19H20F3N5O/c1-28-15-6-2-5-12-13(9-24-17(12)15)16-14(19(20,21)22)10-25-18(27-16)26-11-4-3-7-23-8-11/h2,5-6,9-11,23-24H,3-4,7-8H2,1H3,(H,25,26,27). The van der Waals surface area contributed by atoms with Crippen LogP contribution in [0, 0.1) is 0 Å². The molecule has 1 aliphatic rings. The molecule has 1 atom stereocenters. The second-order valence-electron chi connectivity index (χ2n) is 6.73. The Morgan fingerprint density at radius 1 is 1.29 bits per heavy atom. The second kappa shape index (κ2) is 7.31. The molecule has 0 radical (unpaired) electrons. The number of nitrogens with zero attached hydrogens (tertiary/aromatic N) is 2. The van der Waals surface area contributed by atoms with Crippen LogP contribution in [-0.2, 0) is 6.18 Å². The maximum atomic E-state index is 13.6. The lowest BCUT2D eigenvalue weighted by Crippen LogP contribution is -2.38. The van der Waals surface area contributed by atoms with E-state index in [1.54, 1.807) is 18.2 Å². The lowest BCUT2D eigenvalue weighted by molar-refractivity contribution is -0.137. The van der Waals surface area contributed by atoms with Gasteiger partial charge in [0.05, 0.1) is 18.3 Å². The molecule has 148 valence electrons. The number of piperidine rings is 1. The van der Waals surface area contributed by atoms with Crippen LogP contribution in [0.3, 0.4) is 0 Å². The SMILES string of the molecule is COc1cccc2c(-c3nc(NC4CCCNC4)ncc3C(F)(F)F)c[nH]c12. The van der Waals surface area contributed by atoms with E-state index in [-0.39, 0.29) is 17.7 Å². The second-order valence-corrected chi connectivity index (χ2v) is 6.73. The number of rotatable bonds is 4. The number of para-hydroxylation sites is 1. The predicted molar refractivity (Wildman–Crippen MR) is 100 cm³/mol. The first-order valence-electron chi connectivity index (χ1n) is 9.03. The molecule has 3 heterocycles. The van der Waals surface area contributed by atoms with Crippen molar-refractivity contribution in [2.45, 2.75) is 25.1 Å². The van der Waals surface area contributed by atoms with Gasteiger partial charge in [-0.25, -0.2) is 9.97 Å². The number of alkyl halides is 3. The van der Waals surface area contributed by atoms with Gasteiger partial charge in [0.2, 0.25) is 5.95 Å². The molecule has 2 aromatic heterocycles. The van der Waals surface area contributed by atoms with Crippen molar-refractivity contribution in [1.29, 1.82) is 0 Å². The van der Waals surface area contributed by atoms with Crippen molar-refractivity contribution in [3.05, 3.63) is 36.2 Å². The van der Waals surface area contributed by atoms with E-state index in [2.05, 4.69) is 25.6 Å². The Labute approximate surface area is 159 Å². The first-order chi connectivity index (χ1) is 13.5. The summed E-state index contributed by atoms with van der Waals surface area (Å²) < 4.78 is 46.2. The number of aromatic nitrogens is 3. The van der Waals surface area contributed by atoms with E-state index >= 15 is 0 Å². The van der Waals surface area contributed by atoms with E-state index in [0.29, 0.717) is 22.2 Å². The summed E-state index contributed by atoms with van der Waals surface area (Å²) in [6.45, 7) is 1.67. The number of hydrogen-bond donors (Lipinski definition) is 3. The van der Waals surface area contributed by atoms with Crippen LogP contribution in [0.1, 0.15) is 18.4 Å². The molecule has 1 fully saturated rings. The summed E-state index contributed by atoms with van der Waals surface area (Å²) in [6.07, 6.45) is -0.288. The molecule has 1 saturated heterocycles. The van der Waals surface area contributed by atoms with Gasteiger partial charge in [0.1, 0.15) is 11.3 Å². The normalized spacial score (nSPS) is 17.6. The Balaban J connectivity index is 1.80. The largest absolute Gasteiger partial charge is 0.495 e. The van der Waals surface area contributed by atoms with Gasteiger partial charge in [-0.05, 0) is 25.5 Å². The smallest absolute Gasteiger partial charge is 0.419 e. The molecule has 0 saturated carbocycles. The van der Waals surface area contributed by atoms with Crippen LogP contribution in [0.25, 0.3) is 22.2 Å². The number of anilines is 1. The van der Waals surface area contributed by atoms with E-state index in [4.69, 9.17) is 4.74 Å². The van der Waals surface area contributed by atoms with Crippen LogP contribution in [0.2, 0.25) is 0 Å². The Hall–Kier alpha value is -2.81. The Kier molecular flexibility index (Phi) is 4.84. The molecule has 0 amide bonds. The zero-order valence-corrected chi connectivity index (χ0v) is 15.2. The van der Waals surface area contributed by atoms with Crippen molar-refractivity contribution >= 4 is 16.9 Å². The third-order valence-electron chi connectivity index (χ3n) is 4.88. The molecule has 9 heteroatoms. The molecule has 3 N–H and O–H groups in total. The average Bonchev–Trinajstić information content (AvgIpc) is 3.12. The zero-order chi connectivity index (χ0) is 19.7. The van der Waals surface area contributed by atoms with Crippen molar-refractivity contribution in [2.75, 3.05) is 25.5 Å². The van der Waals surface area contributed by atoms with E-state index in [9.17, 15) is 13.2 Å². The van der Waals surface area contributed by atoms with E-state index < -0.39 is 11.7 Å². The zero-order valence-electron chi connectivity index (χ0n) is 15.2. The van der Waals surface area contributed by atoms with Gasteiger partial charge in [0, 0.05) is 35.9 Å². The van der Waals surface area contributed by atoms with E-state index in [0.717, 1.165) is 32.1 Å². The topological polar surface area (TPSA) is 74.9 Å². The highest BCUT2D eigenvalue weighted by Crippen LogP contribution is 2.40. The number of H-pyrrole nitrogens is 1. The van der Waals surface area contributed by atoms with Gasteiger partial charge in [-0.2, -0.15) is 13.2 Å². The van der Waals surface area contributed by atoms with Crippen LogP contribution in [0.15, 0.2) is 30.6 Å². The molecule has 1 aromatic carbocycles. The summed E-state index contributed by atoms with van der Waals surface area (Å²) in [5.74, 6) is 0.743. The number of halogens is 3. The highest BCUT2D eigenvalue weighted by Gasteiger charge is 2.36. The van der Waals surface area contributed by atoms with Crippen molar-refractivity contribution in [1.82, 2.24) is 20.3 Å². The summed E-state index contributed by atoms with van der Waals surface area (Å²) in [5, 5.41) is 7.00. The number of benzene rings is 1. The molecule has 6 nitrogen and oxygen atoms in total. The lowest BCUT2D eigenvalue weighted by atomic mass is 10.1. The molecule has 3 aromatic rings. The Bertz CT molecular complexity index is 979. The van der Waals surface area contributed by atoms with Crippen LogP contribution in [0.5, 0.6) is 5.75 Å². The number of methoxy groups -OCH3 is 1. The first kappa shape index (κ1) is 18.5. The van der Waals surface area contributed by atoms with Crippen molar-refractivity contribution < 1.29 is 17.9 Å². The molecule has 0 aliphatic carbocycles. The van der Waals surface area contributed by atoms with Gasteiger partial charge in [-0.15, -0.1) is 0 Å². The summed E-state index contributed by atoms with van der Waals surface area (Å²) >= 11 is 0. The molecule has 0 bridgehead atoms. The van der Waals surface area contributed by atoms with Gasteiger partial charge in [-0.3, -0.25) is 0 Å². The van der Waals surface area contributed by atoms with Gasteiger partial charge < -0.3 is 20.4 Å². The van der Waals surface area contributed by atoms with Crippen LogP contribution in [0.4, 0.5) is 19.1 Å². The predicted octanol–water partition coefficient (Wildman–Crippen LogP) is 3.82. The Morgan fingerprint density at radius 3 is 2.86 bits per heavy atom. The number of aromatic amines is 1. The van der Waals surface area contributed by atoms with E-state index in [1.165, 1.54) is 13.3 Å². The quantitative estimate of drug-likeness (QED) is 0.631. The number of nitrogens with one attached hydrogen (secondary N) is 3. The molecular formula is C19H20F3N5O. The first-order valence-corrected chi connectivity index (χ1v) is 9.03. The summed E-state index contributed by atoms with van der Waals surface area (Å²) in [6, 6.07) is 5.31. The molecule has 1 unspecified atom stereocenters. The number of ether oxygens (including phenoxy) is 1. The van der Waals surface area contributed by atoms with Crippen LogP contribution < -0.4 is 15.4 Å². The minimum absolute atomic E-state index is 0.0846. The van der Waals surface area contributed by atoms with Gasteiger partial charge >= 0.3 is 6.18 Å². The Morgan fingerprint density at radius 2 is 2.14 bits per heavy atom. The molecule has 1 aliphatic heterocycles. The highest BCUT2D eigenvalue weighted by atomic mass is 19.4. The highest BCUT2D eigenvalue weighted by molar-refractivity contribution is 5.98. The van der Waals surface area contributed by atoms with Gasteiger partial charge in [0.25, 0.3) is 0 Å². The van der Waals surface area contributed by atoms with Gasteiger partial charge in [0.15, 0.2) is 0 Å². The fourth-order valence-corrected chi connectivity index (χ4v) is 3.51. The summed E-state index contributed by atoms with van der Waals surface area (Å²) in [7, 11) is 1.52. The number of hydrogen-bond acceptors (Lipinski definition) is 5. The molecule has 0 spiro atoms. The van der Waals surface area contributed by atoms with Crippen molar-refractivity contribution in [2.24, 2.45) is 0 Å². The fourth-order valence-electron chi connectivity index (χ4n) is 3.51. The minimum atomic E-state index is -4.57. The summed E-state index contributed by atoms with van der Waals surface area (Å²) in [5.41, 5.74) is -0.0528. The minimum Gasteiger partial charge on any atom is -0.495 e. The molecular weight excluding hydrogens is 371 g/mol. The maximum Gasteiger partial charge on any atom is 0.419 e. The third kappa shape index (κ3) is 3.49. The monoisotopic (exact) mass is 391 g/mol. The third-order valence-corrected chi connectivity index (χ3v) is 4.88. The fraction of sp³-hybridized carbons (Fsp3) is 0.368. The van der Waals surface area contributed by atoms with Gasteiger partial charge in [-0.1, -0.05) is 12.1 Å². The van der Waals surface area contributed by atoms with Crippen molar-refractivity contribution in [3.63, 3.8) is 0 Å². The maximum absolute atomic E-state index is 13.6. The van der Waals surface area contributed by atoms with Crippen molar-refractivity contribution in [3.8, 4) is 17.0 Å². The van der Waals surface area contributed by atoms with E-state index in [1.807, 2.05) is 0 Å². The van der Waals surface area contributed by atoms with Crippen LogP contribution in [-0.4, -0.2) is 41.2 Å². The summed E-state index contributed by atoms with van der Waals surface area (Å²) in [4.78, 5) is 11.2. The average molecular weight is 391 g/mol. The van der Waals surface area contributed by atoms with Crippen LogP contribution >= 0.6 is 0 Å². The molecule has 28 heavy (non-hydrogen) atoms. The molecule has 4 rings (SSSR count). The lowest BCUT2D eigenvalue weighted by Gasteiger charge is -2.24.